The maximum atomic E-state index is 12.1. The number of amides is 1. The van der Waals surface area contributed by atoms with E-state index in [1.165, 1.54) is 20.2 Å². The van der Waals surface area contributed by atoms with Crippen LogP contribution in [0.5, 0.6) is 5.75 Å². The molecule has 1 atom stereocenters. The largest absolute Gasteiger partial charge is 0.427 e. The Balaban J connectivity index is 1.95. The van der Waals surface area contributed by atoms with Gasteiger partial charge in [0, 0.05) is 14.0 Å². The first-order valence-corrected chi connectivity index (χ1v) is 7.29. The number of esters is 1. The number of ether oxygens (including phenoxy) is 2. The van der Waals surface area contributed by atoms with E-state index >= 15 is 0 Å². The van der Waals surface area contributed by atoms with Crippen molar-refractivity contribution in [1.29, 1.82) is 0 Å². The molecule has 0 aromatic heterocycles. The van der Waals surface area contributed by atoms with E-state index in [0.29, 0.717) is 5.75 Å². The highest BCUT2D eigenvalue weighted by molar-refractivity contribution is 5.85. The molecular formula is C18H18N2O4. The average Bonchev–Trinajstić information content (AvgIpc) is 2.58. The second-order valence-electron chi connectivity index (χ2n) is 4.92. The summed E-state index contributed by atoms with van der Waals surface area (Å²) < 4.78 is 10.2. The van der Waals surface area contributed by atoms with Crippen molar-refractivity contribution < 1.29 is 19.1 Å². The second-order valence-corrected chi connectivity index (χ2v) is 4.92. The molecule has 6 heteroatoms. The third-order valence-electron chi connectivity index (χ3n) is 3.11. The predicted octanol–water partition coefficient (Wildman–Crippen LogP) is 2.45. The summed E-state index contributed by atoms with van der Waals surface area (Å²) in [5, 5.41) is 3.91. The van der Waals surface area contributed by atoms with E-state index in [0.717, 1.165) is 11.1 Å². The lowest BCUT2D eigenvalue weighted by molar-refractivity contribution is -0.132. The Hall–Kier alpha value is -2.99. The van der Waals surface area contributed by atoms with Gasteiger partial charge in [0.1, 0.15) is 5.75 Å². The number of benzene rings is 2. The number of nitrogens with zero attached hydrogens (tertiary/aromatic N) is 1. The van der Waals surface area contributed by atoms with Crippen molar-refractivity contribution in [3.05, 3.63) is 65.7 Å². The predicted molar refractivity (Wildman–Crippen MR) is 89.7 cm³/mol. The van der Waals surface area contributed by atoms with Gasteiger partial charge in [0.2, 0.25) is 0 Å². The van der Waals surface area contributed by atoms with Gasteiger partial charge in [0.05, 0.1) is 6.21 Å². The van der Waals surface area contributed by atoms with Crippen molar-refractivity contribution in [3.63, 3.8) is 0 Å². The minimum absolute atomic E-state index is 0.364. The molecule has 0 saturated carbocycles. The summed E-state index contributed by atoms with van der Waals surface area (Å²) in [7, 11) is 1.47. The fourth-order valence-electron chi connectivity index (χ4n) is 2.04. The van der Waals surface area contributed by atoms with Crippen molar-refractivity contribution in [1.82, 2.24) is 5.43 Å². The summed E-state index contributed by atoms with van der Waals surface area (Å²) in [6.45, 7) is 1.34. The van der Waals surface area contributed by atoms with Gasteiger partial charge in [-0.2, -0.15) is 5.10 Å². The minimum Gasteiger partial charge on any atom is -0.427 e. The number of carbonyl (C=O) groups excluding carboxylic acids is 2. The lowest BCUT2D eigenvalue weighted by atomic mass is 10.1. The first-order chi connectivity index (χ1) is 11.6. The van der Waals surface area contributed by atoms with Gasteiger partial charge in [-0.1, -0.05) is 30.3 Å². The standard InChI is InChI=1S/C18H18N2O4/c1-13(21)24-16-10-8-14(9-11-16)12-19-20-18(22)17(23-2)15-6-4-3-5-7-15/h3-12,17H,1-2H3,(H,20,22)/b19-12-/t17-/m1/s1. The normalized spacial score (nSPS) is 11.9. The molecular weight excluding hydrogens is 308 g/mol. The van der Waals surface area contributed by atoms with Crippen LogP contribution < -0.4 is 10.2 Å². The quantitative estimate of drug-likeness (QED) is 0.383. The topological polar surface area (TPSA) is 77.0 Å². The molecule has 1 N–H and O–H groups in total. The van der Waals surface area contributed by atoms with E-state index in [-0.39, 0.29) is 11.9 Å². The zero-order valence-corrected chi connectivity index (χ0v) is 13.4. The molecule has 1 amide bonds. The van der Waals surface area contributed by atoms with E-state index in [4.69, 9.17) is 9.47 Å². The molecule has 2 rings (SSSR count). The zero-order valence-electron chi connectivity index (χ0n) is 13.4. The number of nitrogens with one attached hydrogen (secondary N) is 1. The van der Waals surface area contributed by atoms with Gasteiger partial charge >= 0.3 is 5.97 Å². The Morgan fingerprint density at radius 1 is 1.08 bits per heavy atom. The number of hydrogen-bond acceptors (Lipinski definition) is 5. The maximum Gasteiger partial charge on any atom is 0.308 e. The molecule has 0 saturated heterocycles. The Bertz CT molecular complexity index is 712. The Morgan fingerprint density at radius 2 is 1.75 bits per heavy atom. The Kier molecular flexibility index (Phi) is 6.22. The molecule has 0 aliphatic carbocycles. The van der Waals surface area contributed by atoms with E-state index in [1.54, 1.807) is 24.3 Å². The molecule has 0 bridgehead atoms. The van der Waals surface area contributed by atoms with Crippen molar-refractivity contribution in [2.75, 3.05) is 7.11 Å². The second kappa shape index (κ2) is 8.59. The molecule has 2 aromatic carbocycles. The van der Waals surface area contributed by atoms with Gasteiger partial charge in [0.15, 0.2) is 6.10 Å². The van der Waals surface area contributed by atoms with Crippen LogP contribution in [0, 0.1) is 0 Å². The van der Waals surface area contributed by atoms with Gasteiger partial charge in [-0.05, 0) is 35.4 Å². The van der Waals surface area contributed by atoms with E-state index < -0.39 is 6.10 Å². The Labute approximate surface area is 140 Å². The van der Waals surface area contributed by atoms with Crippen molar-refractivity contribution >= 4 is 18.1 Å². The summed E-state index contributed by atoms with van der Waals surface area (Å²) in [5.74, 6) is -0.293. The summed E-state index contributed by atoms with van der Waals surface area (Å²) >= 11 is 0. The van der Waals surface area contributed by atoms with Gasteiger partial charge < -0.3 is 9.47 Å². The van der Waals surface area contributed by atoms with Crippen LogP contribution in [0.15, 0.2) is 59.7 Å². The molecule has 0 unspecified atom stereocenters. The summed E-state index contributed by atoms with van der Waals surface area (Å²) in [6.07, 6.45) is 0.766. The Morgan fingerprint density at radius 3 is 2.33 bits per heavy atom. The average molecular weight is 326 g/mol. The number of hydrazone groups is 1. The summed E-state index contributed by atoms with van der Waals surface area (Å²) in [5.41, 5.74) is 3.95. The first kappa shape index (κ1) is 17.4. The highest BCUT2D eigenvalue weighted by Crippen LogP contribution is 2.16. The third kappa shape index (κ3) is 5.03. The maximum absolute atomic E-state index is 12.1. The number of hydrogen-bond donors (Lipinski definition) is 1. The minimum atomic E-state index is -0.727. The van der Waals surface area contributed by atoms with E-state index in [9.17, 15) is 9.59 Å². The fraction of sp³-hybridized carbons (Fsp3) is 0.167. The van der Waals surface area contributed by atoms with Crippen LogP contribution in [0.2, 0.25) is 0 Å². The molecule has 0 spiro atoms. The summed E-state index contributed by atoms with van der Waals surface area (Å²) in [6, 6.07) is 15.9. The van der Waals surface area contributed by atoms with Crippen molar-refractivity contribution in [2.45, 2.75) is 13.0 Å². The highest BCUT2D eigenvalue weighted by atomic mass is 16.5. The van der Waals surface area contributed by atoms with Crippen LogP contribution in [-0.2, 0) is 14.3 Å². The third-order valence-corrected chi connectivity index (χ3v) is 3.11. The molecule has 0 fully saturated rings. The van der Waals surface area contributed by atoms with Crippen molar-refractivity contribution in [2.24, 2.45) is 5.10 Å². The van der Waals surface area contributed by atoms with Gasteiger partial charge in [-0.3, -0.25) is 9.59 Å². The molecule has 0 aliphatic rings. The van der Waals surface area contributed by atoms with Crippen LogP contribution >= 0.6 is 0 Å². The molecule has 6 nitrogen and oxygen atoms in total. The molecule has 0 radical (unpaired) electrons. The lowest BCUT2D eigenvalue weighted by Crippen LogP contribution is -2.26. The summed E-state index contributed by atoms with van der Waals surface area (Å²) in [4.78, 5) is 23.0. The van der Waals surface area contributed by atoms with Crippen LogP contribution in [0.25, 0.3) is 0 Å². The van der Waals surface area contributed by atoms with Gasteiger partial charge in [0.25, 0.3) is 5.91 Å². The first-order valence-electron chi connectivity index (χ1n) is 7.29. The highest BCUT2D eigenvalue weighted by Gasteiger charge is 2.18. The smallest absolute Gasteiger partial charge is 0.308 e. The zero-order chi connectivity index (χ0) is 17.4. The fourth-order valence-corrected chi connectivity index (χ4v) is 2.04. The molecule has 2 aromatic rings. The molecule has 0 heterocycles. The molecule has 0 aliphatic heterocycles. The van der Waals surface area contributed by atoms with Crippen LogP contribution in [0.3, 0.4) is 0 Å². The number of rotatable bonds is 6. The monoisotopic (exact) mass is 326 g/mol. The number of methoxy groups -OCH3 is 1. The lowest BCUT2D eigenvalue weighted by Gasteiger charge is -2.13. The number of carbonyl (C=O) groups is 2. The van der Waals surface area contributed by atoms with Crippen LogP contribution in [0.1, 0.15) is 24.2 Å². The van der Waals surface area contributed by atoms with Crippen LogP contribution in [0.4, 0.5) is 0 Å². The van der Waals surface area contributed by atoms with Gasteiger partial charge in [-0.15, -0.1) is 0 Å². The SMILES string of the molecule is CO[C@@H](C(=O)N/N=C\c1ccc(OC(C)=O)cc1)c1ccccc1. The molecule has 24 heavy (non-hydrogen) atoms. The van der Waals surface area contributed by atoms with E-state index in [2.05, 4.69) is 10.5 Å². The van der Waals surface area contributed by atoms with Crippen molar-refractivity contribution in [3.8, 4) is 5.75 Å². The molecule has 124 valence electrons. The van der Waals surface area contributed by atoms with Gasteiger partial charge in [-0.25, -0.2) is 5.43 Å². The van der Waals surface area contributed by atoms with Crippen LogP contribution in [-0.4, -0.2) is 25.2 Å². The van der Waals surface area contributed by atoms with E-state index in [1.807, 2.05) is 30.3 Å².